The Morgan fingerprint density at radius 3 is 2.57 bits per heavy atom. The van der Waals surface area contributed by atoms with E-state index in [-0.39, 0.29) is 11.8 Å². The zero-order valence-electron chi connectivity index (χ0n) is 16.8. The molecule has 4 rings (SSSR count). The van der Waals surface area contributed by atoms with Gasteiger partial charge in [-0.1, -0.05) is 41.4 Å². The summed E-state index contributed by atoms with van der Waals surface area (Å²) in [7, 11) is 0. The third-order valence-corrected chi connectivity index (χ3v) is 5.59. The fourth-order valence-electron chi connectivity index (χ4n) is 3.77. The first-order chi connectivity index (χ1) is 14.5. The normalized spacial score (nSPS) is 12.9. The molecule has 0 aliphatic carbocycles. The Bertz CT molecular complexity index is 1090. The maximum Gasteiger partial charge on any atom is 0.258 e. The Kier molecular flexibility index (Phi) is 5.86. The van der Waals surface area contributed by atoms with Gasteiger partial charge in [0.2, 0.25) is 0 Å². The van der Waals surface area contributed by atoms with Crippen molar-refractivity contribution in [3.05, 3.63) is 99.6 Å². The number of benzene rings is 3. The van der Waals surface area contributed by atoms with E-state index >= 15 is 0 Å². The molecule has 0 spiro atoms. The van der Waals surface area contributed by atoms with Crippen LogP contribution in [0.5, 0.6) is 0 Å². The lowest BCUT2D eigenvalue weighted by molar-refractivity contribution is 0.0950. The first-order valence-corrected chi connectivity index (χ1v) is 10.4. The summed E-state index contributed by atoms with van der Waals surface area (Å²) >= 11 is 5.90. The second-order valence-electron chi connectivity index (χ2n) is 7.58. The van der Waals surface area contributed by atoms with E-state index in [9.17, 15) is 9.59 Å². The van der Waals surface area contributed by atoms with Crippen molar-refractivity contribution in [1.82, 2.24) is 5.32 Å². The third kappa shape index (κ3) is 4.39. The molecule has 152 valence electrons. The van der Waals surface area contributed by atoms with Gasteiger partial charge in [0, 0.05) is 34.9 Å². The Morgan fingerprint density at radius 2 is 1.80 bits per heavy atom. The van der Waals surface area contributed by atoms with Crippen molar-refractivity contribution in [2.45, 2.75) is 26.3 Å². The molecule has 5 heteroatoms. The van der Waals surface area contributed by atoms with Gasteiger partial charge in [-0.05, 0) is 73.4 Å². The summed E-state index contributed by atoms with van der Waals surface area (Å²) in [4.78, 5) is 27.5. The van der Waals surface area contributed by atoms with Crippen molar-refractivity contribution in [2.75, 3.05) is 11.4 Å². The Labute approximate surface area is 181 Å². The lowest BCUT2D eigenvalue weighted by Gasteiger charge is -2.30. The van der Waals surface area contributed by atoms with Crippen LogP contribution >= 0.6 is 11.6 Å². The number of nitrogens with one attached hydrogen (secondary N) is 1. The summed E-state index contributed by atoms with van der Waals surface area (Å²) in [5.74, 6) is -0.130. The molecule has 0 atom stereocenters. The molecule has 30 heavy (non-hydrogen) atoms. The molecule has 0 radical (unpaired) electrons. The van der Waals surface area contributed by atoms with Crippen molar-refractivity contribution < 1.29 is 9.59 Å². The van der Waals surface area contributed by atoms with Gasteiger partial charge in [-0.2, -0.15) is 0 Å². The highest BCUT2D eigenvalue weighted by Gasteiger charge is 2.24. The van der Waals surface area contributed by atoms with Crippen molar-refractivity contribution in [2.24, 2.45) is 0 Å². The largest absolute Gasteiger partial charge is 0.348 e. The van der Waals surface area contributed by atoms with Crippen LogP contribution in [0.15, 0.2) is 66.7 Å². The molecule has 3 aromatic carbocycles. The van der Waals surface area contributed by atoms with E-state index in [0.29, 0.717) is 29.2 Å². The summed E-state index contributed by atoms with van der Waals surface area (Å²) in [6, 6.07) is 20.6. The van der Waals surface area contributed by atoms with Gasteiger partial charge in [-0.3, -0.25) is 9.59 Å². The molecule has 0 bridgehead atoms. The van der Waals surface area contributed by atoms with Crippen molar-refractivity contribution in [3.63, 3.8) is 0 Å². The van der Waals surface area contributed by atoms with Crippen LogP contribution in [0.2, 0.25) is 5.02 Å². The van der Waals surface area contributed by atoms with Gasteiger partial charge in [0.25, 0.3) is 11.8 Å². The second kappa shape index (κ2) is 8.72. The Balaban J connectivity index is 1.50. The van der Waals surface area contributed by atoms with Crippen LogP contribution in [0.25, 0.3) is 0 Å². The fraction of sp³-hybridized carbons (Fsp3) is 0.200. The summed E-state index contributed by atoms with van der Waals surface area (Å²) in [6.07, 6.45) is 1.73. The maximum atomic E-state index is 13.1. The van der Waals surface area contributed by atoms with E-state index in [1.807, 2.05) is 72.5 Å². The summed E-state index contributed by atoms with van der Waals surface area (Å²) in [5.41, 5.74) is 5.26. The zero-order chi connectivity index (χ0) is 21.1. The van der Waals surface area contributed by atoms with Gasteiger partial charge < -0.3 is 10.2 Å². The first-order valence-electron chi connectivity index (χ1n) is 10.1. The van der Waals surface area contributed by atoms with Crippen LogP contribution in [0.3, 0.4) is 0 Å². The van der Waals surface area contributed by atoms with Gasteiger partial charge in [-0.15, -0.1) is 0 Å². The van der Waals surface area contributed by atoms with Crippen LogP contribution in [0.4, 0.5) is 5.69 Å². The minimum absolute atomic E-state index is 0.000380. The predicted octanol–water partition coefficient (Wildman–Crippen LogP) is 5.17. The van der Waals surface area contributed by atoms with Crippen molar-refractivity contribution in [3.8, 4) is 0 Å². The minimum Gasteiger partial charge on any atom is -0.348 e. The van der Waals surface area contributed by atoms with E-state index in [1.165, 1.54) is 0 Å². The van der Waals surface area contributed by atoms with Gasteiger partial charge in [0.05, 0.1) is 0 Å². The van der Waals surface area contributed by atoms with Gasteiger partial charge in [0.1, 0.15) is 0 Å². The van der Waals surface area contributed by atoms with E-state index in [0.717, 1.165) is 35.2 Å². The second-order valence-corrected chi connectivity index (χ2v) is 8.02. The molecule has 0 aromatic heterocycles. The quantitative estimate of drug-likeness (QED) is 0.635. The van der Waals surface area contributed by atoms with Crippen LogP contribution in [-0.2, 0) is 13.0 Å². The smallest absolute Gasteiger partial charge is 0.258 e. The molecule has 0 saturated heterocycles. The number of aryl methyl sites for hydroxylation is 2. The maximum absolute atomic E-state index is 13.1. The predicted molar refractivity (Wildman–Crippen MR) is 120 cm³/mol. The molecule has 0 fully saturated rings. The van der Waals surface area contributed by atoms with E-state index in [1.54, 1.807) is 6.07 Å². The Hall–Kier alpha value is -3.11. The third-order valence-electron chi connectivity index (χ3n) is 5.34. The van der Waals surface area contributed by atoms with Crippen LogP contribution in [0, 0.1) is 6.92 Å². The van der Waals surface area contributed by atoms with Gasteiger partial charge in [0.15, 0.2) is 0 Å². The van der Waals surface area contributed by atoms with E-state index in [2.05, 4.69) is 5.32 Å². The lowest BCUT2D eigenvalue weighted by atomic mass is 9.98. The Morgan fingerprint density at radius 1 is 1.00 bits per heavy atom. The van der Waals surface area contributed by atoms with E-state index in [4.69, 9.17) is 11.6 Å². The molecule has 1 heterocycles. The van der Waals surface area contributed by atoms with Crippen molar-refractivity contribution in [1.29, 1.82) is 0 Å². The summed E-state index contributed by atoms with van der Waals surface area (Å²) < 4.78 is 0. The standard InChI is InChI=1S/C25H23ClN2O2/c1-17-4-2-5-21(14-17)25(30)28-13-3-6-19-15-20(9-12-23(19)28)24(29)27-16-18-7-10-22(26)11-8-18/h2,4-5,7-12,14-15H,3,6,13,16H2,1H3,(H,27,29). The molecule has 1 N–H and O–H groups in total. The number of anilines is 1. The van der Waals surface area contributed by atoms with Gasteiger partial charge in [-0.25, -0.2) is 0 Å². The average molecular weight is 419 g/mol. The highest BCUT2D eigenvalue weighted by molar-refractivity contribution is 6.30. The monoisotopic (exact) mass is 418 g/mol. The number of carbonyl (C=O) groups is 2. The summed E-state index contributed by atoms with van der Waals surface area (Å²) in [5, 5.41) is 3.62. The molecular formula is C25H23ClN2O2. The number of halogens is 1. The molecule has 0 unspecified atom stereocenters. The average Bonchev–Trinajstić information content (AvgIpc) is 2.77. The molecular weight excluding hydrogens is 396 g/mol. The number of hydrogen-bond acceptors (Lipinski definition) is 2. The molecule has 0 saturated carbocycles. The molecule has 2 amide bonds. The zero-order valence-corrected chi connectivity index (χ0v) is 17.6. The van der Waals surface area contributed by atoms with Crippen molar-refractivity contribution >= 4 is 29.1 Å². The van der Waals surface area contributed by atoms with E-state index < -0.39 is 0 Å². The SMILES string of the molecule is Cc1cccc(C(=O)N2CCCc3cc(C(=O)NCc4ccc(Cl)cc4)ccc32)c1. The number of carbonyl (C=O) groups excluding carboxylic acids is 2. The van der Waals surface area contributed by atoms with Crippen LogP contribution in [-0.4, -0.2) is 18.4 Å². The summed E-state index contributed by atoms with van der Waals surface area (Å²) in [6.45, 7) is 3.10. The number of hydrogen-bond donors (Lipinski definition) is 1. The fourth-order valence-corrected chi connectivity index (χ4v) is 3.90. The molecule has 4 nitrogen and oxygen atoms in total. The topological polar surface area (TPSA) is 49.4 Å². The number of fused-ring (bicyclic) bond motifs is 1. The first kappa shape index (κ1) is 20.2. The highest BCUT2D eigenvalue weighted by Crippen LogP contribution is 2.29. The minimum atomic E-state index is -0.130. The number of rotatable bonds is 4. The molecule has 1 aliphatic heterocycles. The van der Waals surface area contributed by atoms with Gasteiger partial charge >= 0.3 is 0 Å². The molecule has 3 aromatic rings. The van der Waals surface area contributed by atoms with Crippen LogP contribution in [0.1, 0.15) is 43.8 Å². The number of amides is 2. The van der Waals surface area contributed by atoms with Crippen LogP contribution < -0.4 is 10.2 Å². The molecule has 1 aliphatic rings. The number of nitrogens with zero attached hydrogens (tertiary/aromatic N) is 1. The lowest BCUT2D eigenvalue weighted by Crippen LogP contribution is -2.35. The highest BCUT2D eigenvalue weighted by atomic mass is 35.5.